The average molecular weight is 260 g/mol. The van der Waals surface area contributed by atoms with Gasteiger partial charge in [-0.25, -0.2) is 12.8 Å². The molecule has 17 heavy (non-hydrogen) atoms. The van der Waals surface area contributed by atoms with Gasteiger partial charge >= 0.3 is 0 Å². The second-order valence-electron chi connectivity index (χ2n) is 4.29. The Morgan fingerprint density at radius 2 is 2.00 bits per heavy atom. The predicted molar refractivity (Wildman–Crippen MR) is 65.6 cm³/mol. The summed E-state index contributed by atoms with van der Waals surface area (Å²) in [7, 11) is -3.24. The van der Waals surface area contributed by atoms with E-state index in [1.54, 1.807) is 19.9 Å². The fourth-order valence-corrected chi connectivity index (χ4v) is 2.75. The Bertz CT molecular complexity index is 491. The van der Waals surface area contributed by atoms with E-state index in [1.165, 1.54) is 6.07 Å². The van der Waals surface area contributed by atoms with Crippen LogP contribution in [-0.4, -0.2) is 20.4 Å². The van der Waals surface area contributed by atoms with E-state index in [9.17, 15) is 12.8 Å². The van der Waals surface area contributed by atoms with Crippen molar-refractivity contribution in [2.45, 2.75) is 19.9 Å². The third-order valence-corrected chi connectivity index (χ3v) is 3.44. The van der Waals surface area contributed by atoms with Gasteiger partial charge in [-0.15, -0.1) is 0 Å². The summed E-state index contributed by atoms with van der Waals surface area (Å²) < 4.78 is 36.3. The molecule has 0 fully saturated rings. The van der Waals surface area contributed by atoms with Gasteiger partial charge in [-0.05, 0) is 31.0 Å². The maximum atomic E-state index is 13.8. The Balaban J connectivity index is 3.21. The molecule has 1 aromatic carbocycles. The quantitative estimate of drug-likeness (QED) is 0.625. The largest absolute Gasteiger partial charge is 0.271 e. The molecule has 0 aromatic heterocycles. The van der Waals surface area contributed by atoms with Gasteiger partial charge in [0.2, 0.25) is 0 Å². The number of benzene rings is 1. The van der Waals surface area contributed by atoms with E-state index >= 15 is 0 Å². The van der Waals surface area contributed by atoms with E-state index in [1.807, 2.05) is 0 Å². The van der Waals surface area contributed by atoms with Crippen molar-refractivity contribution in [3.05, 3.63) is 34.6 Å². The number of hydrogen-bond donors (Lipinski definition) is 2. The highest BCUT2D eigenvalue weighted by molar-refractivity contribution is 7.90. The summed E-state index contributed by atoms with van der Waals surface area (Å²) in [6.07, 6.45) is 1.10. The summed E-state index contributed by atoms with van der Waals surface area (Å²) in [5, 5.41) is 0. The number of rotatable bonds is 4. The van der Waals surface area contributed by atoms with Gasteiger partial charge < -0.3 is 0 Å². The van der Waals surface area contributed by atoms with Crippen LogP contribution in [0.4, 0.5) is 4.39 Å². The third-order valence-electron chi connectivity index (χ3n) is 2.50. The van der Waals surface area contributed by atoms with Crippen LogP contribution in [0.25, 0.3) is 0 Å². The molecule has 0 radical (unpaired) electrons. The zero-order valence-corrected chi connectivity index (χ0v) is 10.9. The molecule has 6 heteroatoms. The molecule has 1 atom stereocenters. The van der Waals surface area contributed by atoms with E-state index in [0.717, 1.165) is 11.8 Å². The summed E-state index contributed by atoms with van der Waals surface area (Å²) in [5.74, 6) is 4.64. The lowest BCUT2D eigenvalue weighted by Gasteiger charge is -2.18. The number of hydrazine groups is 1. The Labute approximate surface area is 101 Å². The SMILES string of the molecule is Cc1cc(C)c(C(CS(C)(=O)=O)NN)c(F)c1. The van der Waals surface area contributed by atoms with E-state index in [0.29, 0.717) is 11.1 Å². The fourth-order valence-electron chi connectivity index (χ4n) is 1.89. The normalized spacial score (nSPS) is 13.7. The first-order valence-electron chi connectivity index (χ1n) is 5.15. The smallest absolute Gasteiger partial charge is 0.149 e. The van der Waals surface area contributed by atoms with Gasteiger partial charge in [0.05, 0.1) is 11.8 Å². The minimum Gasteiger partial charge on any atom is -0.271 e. The molecular weight excluding hydrogens is 243 g/mol. The van der Waals surface area contributed by atoms with Crippen molar-refractivity contribution in [3.8, 4) is 0 Å². The number of halogens is 1. The molecule has 4 nitrogen and oxygen atoms in total. The summed E-state index contributed by atoms with van der Waals surface area (Å²) in [5.41, 5.74) is 4.15. The highest BCUT2D eigenvalue weighted by atomic mass is 32.2. The molecule has 0 spiro atoms. The van der Waals surface area contributed by atoms with E-state index in [-0.39, 0.29) is 5.75 Å². The van der Waals surface area contributed by atoms with Crippen LogP contribution < -0.4 is 11.3 Å². The molecule has 96 valence electrons. The van der Waals surface area contributed by atoms with Crippen LogP contribution in [0.2, 0.25) is 0 Å². The Hall–Kier alpha value is -0.980. The van der Waals surface area contributed by atoms with Crippen molar-refractivity contribution in [2.75, 3.05) is 12.0 Å². The van der Waals surface area contributed by atoms with Gasteiger partial charge in [0.1, 0.15) is 15.7 Å². The molecular formula is C11H17FN2O2S. The first-order valence-corrected chi connectivity index (χ1v) is 7.21. The van der Waals surface area contributed by atoms with Gasteiger partial charge in [0.15, 0.2) is 0 Å². The molecule has 1 unspecified atom stereocenters. The van der Waals surface area contributed by atoms with E-state index in [4.69, 9.17) is 5.84 Å². The molecule has 0 saturated carbocycles. The van der Waals surface area contributed by atoms with Gasteiger partial charge in [0.25, 0.3) is 0 Å². The molecule has 0 aliphatic rings. The van der Waals surface area contributed by atoms with Crippen molar-refractivity contribution < 1.29 is 12.8 Å². The summed E-state index contributed by atoms with van der Waals surface area (Å²) in [6, 6.07) is 2.44. The lowest BCUT2D eigenvalue weighted by atomic mass is 10.00. The van der Waals surface area contributed by atoms with Crippen LogP contribution in [0.1, 0.15) is 22.7 Å². The highest BCUT2D eigenvalue weighted by Crippen LogP contribution is 2.23. The summed E-state index contributed by atoms with van der Waals surface area (Å²) in [6.45, 7) is 3.51. The molecule has 0 aliphatic heterocycles. The van der Waals surface area contributed by atoms with Crippen LogP contribution in [0.15, 0.2) is 12.1 Å². The first kappa shape index (κ1) is 14.1. The second-order valence-corrected chi connectivity index (χ2v) is 6.47. The van der Waals surface area contributed by atoms with Gasteiger partial charge in [-0.1, -0.05) is 6.07 Å². The minimum absolute atomic E-state index is 0.232. The maximum absolute atomic E-state index is 13.8. The zero-order chi connectivity index (χ0) is 13.2. The summed E-state index contributed by atoms with van der Waals surface area (Å²) in [4.78, 5) is 0. The van der Waals surface area contributed by atoms with Gasteiger partial charge in [-0.3, -0.25) is 11.3 Å². The van der Waals surface area contributed by atoms with Crippen LogP contribution in [0.5, 0.6) is 0 Å². The monoisotopic (exact) mass is 260 g/mol. The number of aryl methyl sites for hydroxylation is 2. The van der Waals surface area contributed by atoms with Crippen LogP contribution in [-0.2, 0) is 9.84 Å². The van der Waals surface area contributed by atoms with Crippen LogP contribution in [0.3, 0.4) is 0 Å². The van der Waals surface area contributed by atoms with Crippen molar-refractivity contribution in [1.29, 1.82) is 0 Å². The van der Waals surface area contributed by atoms with Crippen molar-refractivity contribution in [3.63, 3.8) is 0 Å². The molecule has 3 N–H and O–H groups in total. The number of nitrogens with two attached hydrogens (primary N) is 1. The number of nitrogens with one attached hydrogen (secondary N) is 1. The van der Waals surface area contributed by atoms with Gasteiger partial charge in [-0.2, -0.15) is 0 Å². The van der Waals surface area contributed by atoms with Gasteiger partial charge in [0, 0.05) is 11.8 Å². The number of sulfone groups is 1. The molecule has 1 rings (SSSR count). The lowest BCUT2D eigenvalue weighted by molar-refractivity contribution is 0.528. The third kappa shape index (κ3) is 3.76. The van der Waals surface area contributed by atoms with Crippen molar-refractivity contribution in [1.82, 2.24) is 5.43 Å². The standard InChI is InChI=1S/C11H17FN2O2S/c1-7-4-8(2)11(9(12)5-7)10(14-13)6-17(3,15)16/h4-5,10,14H,6,13H2,1-3H3. The zero-order valence-electron chi connectivity index (χ0n) is 10.1. The molecule has 0 bridgehead atoms. The fraction of sp³-hybridized carbons (Fsp3) is 0.455. The second kappa shape index (κ2) is 5.12. The summed E-state index contributed by atoms with van der Waals surface area (Å²) >= 11 is 0. The molecule has 0 heterocycles. The Morgan fingerprint density at radius 1 is 1.41 bits per heavy atom. The van der Waals surface area contributed by atoms with Crippen LogP contribution in [0, 0.1) is 19.7 Å². The minimum atomic E-state index is -3.24. The van der Waals surface area contributed by atoms with Crippen molar-refractivity contribution >= 4 is 9.84 Å². The molecule has 0 amide bonds. The Kier molecular flexibility index (Phi) is 4.24. The highest BCUT2D eigenvalue weighted by Gasteiger charge is 2.21. The molecule has 1 aromatic rings. The maximum Gasteiger partial charge on any atom is 0.149 e. The molecule has 0 saturated heterocycles. The topological polar surface area (TPSA) is 72.2 Å². The lowest BCUT2D eigenvalue weighted by Crippen LogP contribution is -2.34. The van der Waals surface area contributed by atoms with E-state index in [2.05, 4.69) is 5.43 Å². The van der Waals surface area contributed by atoms with Crippen molar-refractivity contribution in [2.24, 2.45) is 5.84 Å². The molecule has 0 aliphatic carbocycles. The Morgan fingerprint density at radius 3 is 2.41 bits per heavy atom. The first-order chi connectivity index (χ1) is 7.74. The number of hydrogen-bond acceptors (Lipinski definition) is 4. The predicted octanol–water partition coefficient (Wildman–Crippen LogP) is 0.992. The average Bonchev–Trinajstić information content (AvgIpc) is 2.12. The van der Waals surface area contributed by atoms with E-state index < -0.39 is 21.7 Å². The van der Waals surface area contributed by atoms with Crippen LogP contribution >= 0.6 is 0 Å².